The van der Waals surface area contributed by atoms with E-state index in [0.717, 1.165) is 24.4 Å². The fourth-order valence-corrected chi connectivity index (χ4v) is 4.28. The Morgan fingerprint density at radius 2 is 1.68 bits per heavy atom. The Morgan fingerprint density at radius 3 is 2.35 bits per heavy atom. The number of piperidine rings is 1. The Labute approximate surface area is 184 Å². The highest BCUT2D eigenvalue weighted by Crippen LogP contribution is 2.34. The van der Waals surface area contributed by atoms with Crippen LogP contribution in [-0.2, 0) is 11.4 Å². The third-order valence-electron chi connectivity index (χ3n) is 6.06. The summed E-state index contributed by atoms with van der Waals surface area (Å²) in [5.74, 6) is -0.0720. The van der Waals surface area contributed by atoms with Crippen LogP contribution in [0.3, 0.4) is 0 Å². The molecule has 0 spiro atoms. The van der Waals surface area contributed by atoms with Crippen molar-refractivity contribution >= 4 is 5.97 Å². The van der Waals surface area contributed by atoms with Crippen molar-refractivity contribution in [3.8, 4) is 5.75 Å². The van der Waals surface area contributed by atoms with Crippen molar-refractivity contribution < 1.29 is 14.6 Å². The molecule has 0 aromatic heterocycles. The van der Waals surface area contributed by atoms with Gasteiger partial charge in [0, 0.05) is 0 Å². The van der Waals surface area contributed by atoms with Crippen LogP contribution < -0.4 is 4.74 Å². The average Bonchev–Trinajstić information content (AvgIpc) is 2.80. The van der Waals surface area contributed by atoms with E-state index >= 15 is 0 Å². The lowest BCUT2D eigenvalue weighted by molar-refractivity contribution is -0.143. The number of rotatable bonds is 7. The van der Waals surface area contributed by atoms with Gasteiger partial charge in [-0.15, -0.1) is 0 Å². The van der Waals surface area contributed by atoms with Crippen LogP contribution in [0.2, 0.25) is 0 Å². The van der Waals surface area contributed by atoms with Crippen molar-refractivity contribution in [3.63, 3.8) is 0 Å². The van der Waals surface area contributed by atoms with Crippen LogP contribution in [0, 0.1) is 12.8 Å². The molecule has 160 valence electrons. The summed E-state index contributed by atoms with van der Waals surface area (Å²) in [5, 5.41) is 9.38. The topological polar surface area (TPSA) is 49.8 Å². The highest BCUT2D eigenvalue weighted by atomic mass is 16.5. The number of carbonyl (C=O) groups is 1. The molecular formula is C27H29NO3. The van der Waals surface area contributed by atoms with Gasteiger partial charge in [0.05, 0.1) is 12.0 Å². The maximum absolute atomic E-state index is 11.4. The smallest absolute Gasteiger partial charge is 0.306 e. The first-order valence-corrected chi connectivity index (χ1v) is 10.9. The first-order valence-electron chi connectivity index (χ1n) is 10.9. The zero-order chi connectivity index (χ0) is 21.6. The highest BCUT2D eigenvalue weighted by Gasteiger charge is 2.30. The number of carboxylic acid groups (broad SMARTS) is 1. The number of nitrogens with zero attached hydrogens (tertiary/aromatic N) is 1. The summed E-state index contributed by atoms with van der Waals surface area (Å²) in [6, 6.07) is 27.2. The van der Waals surface area contributed by atoms with E-state index in [2.05, 4.69) is 60.4 Å². The molecule has 0 bridgehead atoms. The Kier molecular flexibility index (Phi) is 6.68. The van der Waals surface area contributed by atoms with E-state index in [1.54, 1.807) is 0 Å². The Bertz CT molecular complexity index is 993. The SMILES string of the molecule is Cc1ccc(C(c2cccc(OCc3ccccc3)c2)N2CCC(C(=O)O)CC2)cc1. The lowest BCUT2D eigenvalue weighted by Gasteiger charge is -2.37. The summed E-state index contributed by atoms with van der Waals surface area (Å²) in [6.45, 7) is 4.16. The number of ether oxygens (including phenoxy) is 1. The van der Waals surface area contributed by atoms with Gasteiger partial charge in [0.15, 0.2) is 0 Å². The van der Waals surface area contributed by atoms with E-state index in [1.165, 1.54) is 16.7 Å². The molecule has 0 radical (unpaired) electrons. The molecule has 0 saturated carbocycles. The van der Waals surface area contributed by atoms with E-state index in [4.69, 9.17) is 4.74 Å². The minimum Gasteiger partial charge on any atom is -0.489 e. The largest absolute Gasteiger partial charge is 0.489 e. The maximum Gasteiger partial charge on any atom is 0.306 e. The second-order valence-electron chi connectivity index (χ2n) is 8.31. The van der Waals surface area contributed by atoms with Crippen LogP contribution in [0.5, 0.6) is 5.75 Å². The number of hydrogen-bond donors (Lipinski definition) is 1. The Morgan fingerprint density at radius 1 is 0.968 bits per heavy atom. The molecule has 4 nitrogen and oxygen atoms in total. The minimum atomic E-state index is -0.678. The predicted molar refractivity (Wildman–Crippen MR) is 122 cm³/mol. The van der Waals surface area contributed by atoms with Crippen LogP contribution in [0.15, 0.2) is 78.9 Å². The molecule has 1 heterocycles. The van der Waals surface area contributed by atoms with Gasteiger partial charge in [0.2, 0.25) is 0 Å². The lowest BCUT2D eigenvalue weighted by atomic mass is 9.91. The maximum atomic E-state index is 11.4. The summed E-state index contributed by atoms with van der Waals surface area (Å²) >= 11 is 0. The van der Waals surface area contributed by atoms with Gasteiger partial charge in [-0.25, -0.2) is 0 Å². The van der Waals surface area contributed by atoms with Gasteiger partial charge in [-0.3, -0.25) is 9.69 Å². The first kappa shape index (κ1) is 21.1. The fraction of sp³-hybridized carbons (Fsp3) is 0.296. The summed E-state index contributed by atoms with van der Waals surface area (Å²) in [5.41, 5.74) is 4.76. The standard InChI is InChI=1S/C27H29NO3/c1-20-10-12-22(13-11-20)26(28-16-14-23(15-17-28)27(29)30)24-8-5-9-25(18-24)31-19-21-6-3-2-4-7-21/h2-13,18,23,26H,14-17,19H2,1H3,(H,29,30). The third-order valence-corrected chi connectivity index (χ3v) is 6.06. The molecule has 1 aliphatic heterocycles. The van der Waals surface area contributed by atoms with Crippen molar-refractivity contribution in [2.75, 3.05) is 13.1 Å². The molecule has 1 unspecified atom stereocenters. The second kappa shape index (κ2) is 9.80. The number of hydrogen-bond acceptors (Lipinski definition) is 3. The molecular weight excluding hydrogens is 386 g/mol. The zero-order valence-electron chi connectivity index (χ0n) is 17.9. The molecule has 3 aromatic rings. The number of aliphatic carboxylic acids is 1. The van der Waals surface area contributed by atoms with Crippen LogP contribution in [0.1, 0.15) is 41.1 Å². The quantitative estimate of drug-likeness (QED) is 0.557. The minimum absolute atomic E-state index is 0.0793. The van der Waals surface area contributed by atoms with E-state index in [9.17, 15) is 9.90 Å². The number of benzene rings is 3. The third kappa shape index (κ3) is 5.33. The summed E-state index contributed by atoms with van der Waals surface area (Å²) < 4.78 is 6.08. The second-order valence-corrected chi connectivity index (χ2v) is 8.31. The molecule has 1 saturated heterocycles. The first-order chi connectivity index (χ1) is 15.1. The van der Waals surface area contributed by atoms with Gasteiger partial charge >= 0.3 is 5.97 Å². The van der Waals surface area contributed by atoms with Gasteiger partial charge < -0.3 is 9.84 Å². The monoisotopic (exact) mass is 415 g/mol. The molecule has 0 aliphatic carbocycles. The summed E-state index contributed by atoms with van der Waals surface area (Å²) in [4.78, 5) is 13.8. The molecule has 1 aliphatic rings. The molecule has 1 fully saturated rings. The van der Waals surface area contributed by atoms with Crippen molar-refractivity contribution in [2.24, 2.45) is 5.92 Å². The Balaban J connectivity index is 1.58. The van der Waals surface area contributed by atoms with E-state index in [0.29, 0.717) is 19.4 Å². The molecule has 1 atom stereocenters. The van der Waals surface area contributed by atoms with Crippen molar-refractivity contribution in [2.45, 2.75) is 32.4 Å². The average molecular weight is 416 g/mol. The van der Waals surface area contributed by atoms with Crippen LogP contribution >= 0.6 is 0 Å². The van der Waals surface area contributed by atoms with Crippen LogP contribution in [-0.4, -0.2) is 29.1 Å². The van der Waals surface area contributed by atoms with Crippen LogP contribution in [0.25, 0.3) is 0 Å². The highest BCUT2D eigenvalue weighted by molar-refractivity contribution is 5.70. The van der Waals surface area contributed by atoms with Gasteiger partial charge in [-0.05, 0) is 61.7 Å². The van der Waals surface area contributed by atoms with E-state index in [-0.39, 0.29) is 12.0 Å². The number of carboxylic acids is 1. The molecule has 1 N–H and O–H groups in total. The van der Waals surface area contributed by atoms with Gasteiger partial charge in [-0.2, -0.15) is 0 Å². The fourth-order valence-electron chi connectivity index (χ4n) is 4.28. The molecule has 3 aromatic carbocycles. The van der Waals surface area contributed by atoms with Gasteiger partial charge in [0.25, 0.3) is 0 Å². The van der Waals surface area contributed by atoms with Crippen LogP contribution in [0.4, 0.5) is 0 Å². The lowest BCUT2D eigenvalue weighted by Crippen LogP contribution is -2.39. The molecule has 0 amide bonds. The van der Waals surface area contributed by atoms with E-state index < -0.39 is 5.97 Å². The molecule has 31 heavy (non-hydrogen) atoms. The number of likely N-dealkylation sites (tertiary alicyclic amines) is 1. The van der Waals surface area contributed by atoms with Crippen molar-refractivity contribution in [3.05, 3.63) is 101 Å². The zero-order valence-corrected chi connectivity index (χ0v) is 17.9. The summed E-state index contributed by atoms with van der Waals surface area (Å²) in [7, 11) is 0. The summed E-state index contributed by atoms with van der Waals surface area (Å²) in [6.07, 6.45) is 1.36. The van der Waals surface area contributed by atoms with Gasteiger partial charge in [0.1, 0.15) is 12.4 Å². The predicted octanol–water partition coefficient (Wildman–Crippen LogP) is 5.46. The molecule has 4 rings (SSSR count). The normalized spacial score (nSPS) is 16.0. The van der Waals surface area contributed by atoms with Crippen molar-refractivity contribution in [1.29, 1.82) is 0 Å². The van der Waals surface area contributed by atoms with Crippen molar-refractivity contribution in [1.82, 2.24) is 4.90 Å². The number of aryl methyl sites for hydroxylation is 1. The van der Waals surface area contributed by atoms with E-state index in [1.807, 2.05) is 30.3 Å². The molecule has 4 heteroatoms. The van der Waals surface area contributed by atoms with Gasteiger partial charge in [-0.1, -0.05) is 72.3 Å². The Hall–Kier alpha value is -3.11.